The monoisotopic (exact) mass is 336 g/mol. The molecule has 2 unspecified atom stereocenters. The van der Waals surface area contributed by atoms with Gasteiger partial charge in [-0.2, -0.15) is 0 Å². The van der Waals surface area contributed by atoms with Crippen LogP contribution < -0.4 is 4.90 Å². The van der Waals surface area contributed by atoms with Crippen molar-refractivity contribution in [2.45, 2.75) is 58.7 Å². The van der Waals surface area contributed by atoms with Crippen LogP contribution in [0.3, 0.4) is 0 Å². The topological polar surface area (TPSA) is 75.8 Å². The van der Waals surface area contributed by atoms with E-state index in [0.29, 0.717) is 31.0 Å². The lowest BCUT2D eigenvalue weighted by Crippen LogP contribution is -2.58. The second-order valence-corrected chi connectivity index (χ2v) is 7.60. The van der Waals surface area contributed by atoms with Gasteiger partial charge in [0.25, 0.3) is 0 Å². The lowest BCUT2D eigenvalue weighted by molar-refractivity contribution is -0.123. The number of rotatable bonds is 6. The Bertz CT molecular complexity index is 565. The summed E-state index contributed by atoms with van der Waals surface area (Å²) in [5.41, 5.74) is 0.287. The van der Waals surface area contributed by atoms with Gasteiger partial charge in [-0.3, -0.25) is 4.79 Å². The van der Waals surface area contributed by atoms with Crippen molar-refractivity contribution in [3.8, 4) is 0 Å². The molecule has 24 heavy (non-hydrogen) atoms. The van der Waals surface area contributed by atoms with Gasteiger partial charge in [0.1, 0.15) is 11.5 Å². The number of carbonyl (C=O) groups excluding carboxylic acids is 1. The highest BCUT2D eigenvalue weighted by molar-refractivity contribution is 5.79. The number of carbonyl (C=O) groups is 1. The van der Waals surface area contributed by atoms with Gasteiger partial charge in [-0.1, -0.05) is 19.0 Å². The molecule has 1 N–H and O–H groups in total. The Balaban J connectivity index is 1.64. The fourth-order valence-corrected chi connectivity index (χ4v) is 3.96. The van der Waals surface area contributed by atoms with Crippen molar-refractivity contribution < 1.29 is 19.2 Å². The van der Waals surface area contributed by atoms with E-state index in [1.165, 1.54) is 0 Å². The van der Waals surface area contributed by atoms with E-state index in [9.17, 15) is 9.90 Å². The first-order valence-corrected chi connectivity index (χ1v) is 8.97. The predicted octanol–water partition coefficient (Wildman–Crippen LogP) is 2.72. The lowest BCUT2D eigenvalue weighted by atomic mass is 9.68. The first-order valence-electron chi connectivity index (χ1n) is 8.97. The van der Waals surface area contributed by atoms with E-state index in [2.05, 4.69) is 10.1 Å². The summed E-state index contributed by atoms with van der Waals surface area (Å²) in [6, 6.07) is 1.92. The summed E-state index contributed by atoms with van der Waals surface area (Å²) in [5.74, 6) is 1.84. The van der Waals surface area contributed by atoms with E-state index in [1.807, 2.05) is 26.8 Å². The normalized spacial score (nSPS) is 22.7. The maximum Gasteiger partial charge on any atom is 0.172 e. The number of aromatic nitrogens is 1. The molecule has 0 bridgehead atoms. The quantitative estimate of drug-likeness (QED) is 0.805. The molecule has 1 aromatic heterocycles. The minimum absolute atomic E-state index is 0.180. The number of Topliss-reactive ketones (excluding diaryl/α,β-unsaturated/α-hetero) is 1. The number of ether oxygens (including phenoxy) is 1. The standard InChI is InChI=1S/C18H28N2O4/c1-4-23-17(22)16(12(2)3)14-9-15(19-24-14)20-10-18(11-20)7-5-13(21)6-8-18/h9,12,16-17,22H,4-8,10-11H2,1-3H3. The lowest BCUT2D eigenvalue weighted by Gasteiger charge is -2.52. The second kappa shape index (κ2) is 6.84. The molecule has 0 amide bonds. The van der Waals surface area contributed by atoms with Crippen LogP contribution in [0.1, 0.15) is 58.1 Å². The molecule has 1 spiro atoms. The largest absolute Gasteiger partial charge is 0.367 e. The number of aliphatic hydroxyl groups is 1. The van der Waals surface area contributed by atoms with E-state index >= 15 is 0 Å². The third-order valence-corrected chi connectivity index (χ3v) is 5.45. The van der Waals surface area contributed by atoms with Crippen LogP contribution in [0, 0.1) is 11.3 Å². The maximum absolute atomic E-state index is 11.4. The minimum atomic E-state index is -0.886. The highest BCUT2D eigenvalue weighted by atomic mass is 16.6. The summed E-state index contributed by atoms with van der Waals surface area (Å²) in [4.78, 5) is 13.6. The molecule has 2 atom stereocenters. The van der Waals surface area contributed by atoms with E-state index in [1.54, 1.807) is 0 Å². The third-order valence-electron chi connectivity index (χ3n) is 5.45. The maximum atomic E-state index is 11.4. The Morgan fingerprint density at radius 1 is 1.38 bits per heavy atom. The molecule has 2 heterocycles. The summed E-state index contributed by atoms with van der Waals surface area (Å²) < 4.78 is 10.9. The Morgan fingerprint density at radius 2 is 2.04 bits per heavy atom. The SMILES string of the molecule is CCOC(O)C(c1cc(N2CC3(CCC(=O)CC3)C2)no1)C(C)C. The smallest absolute Gasteiger partial charge is 0.172 e. The van der Waals surface area contributed by atoms with Crippen molar-refractivity contribution >= 4 is 11.6 Å². The molecule has 0 radical (unpaired) electrons. The molecule has 1 saturated carbocycles. The summed E-state index contributed by atoms with van der Waals surface area (Å²) in [7, 11) is 0. The molecular formula is C18H28N2O4. The molecule has 134 valence electrons. The average molecular weight is 336 g/mol. The molecular weight excluding hydrogens is 308 g/mol. The zero-order chi connectivity index (χ0) is 17.3. The number of aliphatic hydroxyl groups excluding tert-OH is 1. The molecule has 0 aromatic carbocycles. The first kappa shape index (κ1) is 17.4. The fourth-order valence-electron chi connectivity index (χ4n) is 3.96. The number of nitrogens with zero attached hydrogens (tertiary/aromatic N) is 2. The van der Waals surface area contributed by atoms with Crippen LogP contribution in [0.5, 0.6) is 0 Å². The van der Waals surface area contributed by atoms with Crippen molar-refractivity contribution in [1.82, 2.24) is 5.16 Å². The van der Waals surface area contributed by atoms with Crippen molar-refractivity contribution in [1.29, 1.82) is 0 Å². The summed E-state index contributed by atoms with van der Waals surface area (Å²) in [6.45, 7) is 8.26. The average Bonchev–Trinajstić information content (AvgIpc) is 2.95. The fraction of sp³-hybridized carbons (Fsp3) is 0.778. The zero-order valence-corrected chi connectivity index (χ0v) is 14.8. The van der Waals surface area contributed by atoms with Crippen LogP contribution in [0.4, 0.5) is 5.82 Å². The van der Waals surface area contributed by atoms with Gasteiger partial charge in [0.15, 0.2) is 12.1 Å². The summed E-state index contributed by atoms with van der Waals surface area (Å²) in [5, 5.41) is 14.4. The molecule has 1 aromatic rings. The number of hydrogen-bond donors (Lipinski definition) is 1. The molecule has 2 aliphatic rings. The summed E-state index contributed by atoms with van der Waals surface area (Å²) in [6.07, 6.45) is 2.53. The molecule has 2 fully saturated rings. The van der Waals surface area contributed by atoms with Crippen LogP contribution in [-0.4, -0.2) is 42.0 Å². The van der Waals surface area contributed by atoms with Gasteiger partial charge >= 0.3 is 0 Å². The Kier molecular flexibility index (Phi) is 4.97. The predicted molar refractivity (Wildman–Crippen MR) is 89.8 cm³/mol. The molecule has 1 saturated heterocycles. The Hall–Kier alpha value is -1.40. The van der Waals surface area contributed by atoms with Gasteiger partial charge in [0.2, 0.25) is 0 Å². The van der Waals surface area contributed by atoms with Crippen LogP contribution in [0.15, 0.2) is 10.6 Å². The Morgan fingerprint density at radius 3 is 2.62 bits per heavy atom. The highest BCUT2D eigenvalue weighted by Crippen LogP contribution is 2.45. The molecule has 3 rings (SSSR count). The van der Waals surface area contributed by atoms with Crippen LogP contribution in [0.25, 0.3) is 0 Å². The highest BCUT2D eigenvalue weighted by Gasteiger charge is 2.46. The van der Waals surface area contributed by atoms with Crippen molar-refractivity contribution in [3.05, 3.63) is 11.8 Å². The van der Waals surface area contributed by atoms with Crippen molar-refractivity contribution in [2.24, 2.45) is 11.3 Å². The van der Waals surface area contributed by atoms with Gasteiger partial charge in [-0.15, -0.1) is 0 Å². The van der Waals surface area contributed by atoms with Gasteiger partial charge in [0.05, 0.1) is 5.92 Å². The number of ketones is 1. The molecule has 6 nitrogen and oxygen atoms in total. The van der Waals surface area contributed by atoms with Gasteiger partial charge in [-0.25, -0.2) is 0 Å². The number of anilines is 1. The summed E-state index contributed by atoms with van der Waals surface area (Å²) >= 11 is 0. The van der Waals surface area contributed by atoms with E-state index in [0.717, 1.165) is 31.7 Å². The molecule has 1 aliphatic heterocycles. The number of hydrogen-bond acceptors (Lipinski definition) is 6. The van der Waals surface area contributed by atoms with Gasteiger partial charge < -0.3 is 19.3 Å². The van der Waals surface area contributed by atoms with E-state index < -0.39 is 6.29 Å². The van der Waals surface area contributed by atoms with Crippen LogP contribution in [-0.2, 0) is 9.53 Å². The molecule has 6 heteroatoms. The zero-order valence-electron chi connectivity index (χ0n) is 14.8. The van der Waals surface area contributed by atoms with Crippen molar-refractivity contribution in [3.63, 3.8) is 0 Å². The van der Waals surface area contributed by atoms with Crippen LogP contribution in [0.2, 0.25) is 0 Å². The third kappa shape index (κ3) is 3.35. The Labute approximate surface area is 143 Å². The van der Waals surface area contributed by atoms with Crippen LogP contribution >= 0.6 is 0 Å². The van der Waals surface area contributed by atoms with E-state index in [-0.39, 0.29) is 17.3 Å². The molecule has 1 aliphatic carbocycles. The van der Waals surface area contributed by atoms with E-state index in [4.69, 9.17) is 9.26 Å². The van der Waals surface area contributed by atoms with Gasteiger partial charge in [0, 0.05) is 44.0 Å². The minimum Gasteiger partial charge on any atom is -0.367 e. The van der Waals surface area contributed by atoms with Crippen molar-refractivity contribution in [2.75, 3.05) is 24.6 Å². The first-order chi connectivity index (χ1) is 11.4. The van der Waals surface area contributed by atoms with Gasteiger partial charge in [-0.05, 0) is 25.7 Å². The second-order valence-electron chi connectivity index (χ2n) is 7.60.